The van der Waals surface area contributed by atoms with E-state index in [0.29, 0.717) is 13.1 Å². The van der Waals surface area contributed by atoms with Crippen LogP contribution in [-0.4, -0.2) is 52.4 Å². The number of carbonyl (C=O) groups is 1. The van der Waals surface area contributed by atoms with Crippen LogP contribution < -0.4 is 15.1 Å². The molecule has 2 heterocycles. The molecule has 2 atom stereocenters. The molecule has 0 bridgehead atoms. The maximum Gasteiger partial charge on any atom is 0.511 e. The molecular formula is C21H25F2N3O4. The Kier molecular flexibility index (Phi) is 5.17. The van der Waals surface area contributed by atoms with Gasteiger partial charge >= 0.3 is 6.16 Å². The van der Waals surface area contributed by atoms with Crippen LogP contribution in [-0.2, 0) is 0 Å². The van der Waals surface area contributed by atoms with Gasteiger partial charge in [-0.1, -0.05) is 6.92 Å². The zero-order valence-corrected chi connectivity index (χ0v) is 17.2. The van der Waals surface area contributed by atoms with Gasteiger partial charge in [-0.2, -0.15) is 0 Å². The molecule has 2 aliphatic rings. The van der Waals surface area contributed by atoms with Gasteiger partial charge in [-0.3, -0.25) is 9.69 Å². The first-order valence-electron chi connectivity index (χ1n) is 10.2. The molecule has 2 fully saturated rings. The molecule has 2 unspecified atom stereocenters. The molecule has 30 heavy (non-hydrogen) atoms. The first-order chi connectivity index (χ1) is 14.2. The minimum atomic E-state index is -1.65. The van der Waals surface area contributed by atoms with Crippen LogP contribution in [0.5, 0.6) is 5.75 Å². The third-order valence-electron chi connectivity index (χ3n) is 6.10. The Bertz CT molecular complexity index is 1070. The van der Waals surface area contributed by atoms with E-state index in [2.05, 4.69) is 16.6 Å². The Labute approximate surface area is 172 Å². The highest BCUT2D eigenvalue weighted by molar-refractivity contribution is 5.86. The Hall–Kier alpha value is -2.68. The van der Waals surface area contributed by atoms with Gasteiger partial charge in [0.25, 0.3) is 0 Å². The van der Waals surface area contributed by atoms with Crippen molar-refractivity contribution in [1.29, 1.82) is 0 Å². The van der Waals surface area contributed by atoms with Gasteiger partial charge in [-0.25, -0.2) is 13.6 Å². The first-order valence-corrected chi connectivity index (χ1v) is 10.2. The lowest BCUT2D eigenvalue weighted by Crippen LogP contribution is -2.56. The van der Waals surface area contributed by atoms with Gasteiger partial charge < -0.3 is 19.3 Å². The molecule has 0 spiro atoms. The fraction of sp³-hybridized carbons (Fsp3) is 0.524. The van der Waals surface area contributed by atoms with Gasteiger partial charge in [0.15, 0.2) is 11.6 Å². The lowest BCUT2D eigenvalue weighted by Gasteiger charge is -2.45. The average Bonchev–Trinajstić information content (AvgIpc) is 3.51. The van der Waals surface area contributed by atoms with Crippen molar-refractivity contribution in [2.75, 3.05) is 24.5 Å². The van der Waals surface area contributed by atoms with E-state index in [1.807, 2.05) is 13.8 Å². The molecule has 9 heteroatoms. The molecule has 1 saturated heterocycles. The van der Waals surface area contributed by atoms with Crippen LogP contribution in [0.3, 0.4) is 0 Å². The quantitative estimate of drug-likeness (QED) is 0.761. The van der Waals surface area contributed by atoms with Gasteiger partial charge in [0.05, 0.1) is 17.1 Å². The number of carboxylic acid groups (broad SMARTS) is 1. The number of ether oxygens (including phenoxy) is 1. The highest BCUT2D eigenvalue weighted by Crippen LogP contribution is 2.41. The Morgan fingerprint density at radius 3 is 2.53 bits per heavy atom. The minimum absolute atomic E-state index is 0.00517. The van der Waals surface area contributed by atoms with Crippen molar-refractivity contribution in [3.05, 3.63) is 34.1 Å². The number of aromatic nitrogens is 1. The topological polar surface area (TPSA) is 75.0 Å². The van der Waals surface area contributed by atoms with E-state index in [4.69, 9.17) is 5.11 Å². The predicted molar refractivity (Wildman–Crippen MR) is 109 cm³/mol. The van der Waals surface area contributed by atoms with E-state index in [-0.39, 0.29) is 34.7 Å². The summed E-state index contributed by atoms with van der Waals surface area (Å²) < 4.78 is 37.1. The van der Waals surface area contributed by atoms with Gasteiger partial charge in [-0.15, -0.1) is 0 Å². The molecule has 1 saturated carbocycles. The third kappa shape index (κ3) is 3.40. The largest absolute Gasteiger partial charge is 0.511 e. The second-order valence-electron chi connectivity index (χ2n) is 8.18. The second-order valence-corrected chi connectivity index (χ2v) is 8.18. The lowest BCUT2D eigenvalue weighted by atomic mass is 10.0. The molecule has 1 aromatic carbocycles. The van der Waals surface area contributed by atoms with Gasteiger partial charge in [0, 0.05) is 31.2 Å². The van der Waals surface area contributed by atoms with Crippen molar-refractivity contribution in [3.63, 3.8) is 0 Å². The molecule has 2 aromatic rings. The molecule has 1 aromatic heterocycles. The SMILES string of the molecule is CCN1CC(C)N(c2c(F)cc3c(=O)c(OC(=O)O)cn(C4CC4)c3c2F)CC1C. The van der Waals surface area contributed by atoms with Gasteiger partial charge in [-0.05, 0) is 39.3 Å². The molecule has 0 amide bonds. The fourth-order valence-electron chi connectivity index (χ4n) is 4.43. The molecule has 0 radical (unpaired) electrons. The predicted octanol–water partition coefficient (Wildman–Crippen LogP) is 3.59. The van der Waals surface area contributed by atoms with Crippen molar-refractivity contribution in [3.8, 4) is 5.75 Å². The Morgan fingerprint density at radius 2 is 1.93 bits per heavy atom. The Balaban J connectivity index is 1.90. The number of rotatable bonds is 4. The van der Waals surface area contributed by atoms with Crippen LogP contribution >= 0.6 is 0 Å². The highest BCUT2D eigenvalue weighted by Gasteiger charge is 2.34. The first kappa shape index (κ1) is 20.6. The molecule has 1 aliphatic heterocycles. The highest BCUT2D eigenvalue weighted by atomic mass is 19.1. The van der Waals surface area contributed by atoms with E-state index in [1.54, 1.807) is 4.90 Å². The number of fused-ring (bicyclic) bond motifs is 1. The standard InChI is InChI=1S/C21H25F2N3O4/c1-4-24-8-12(3)25(9-11(24)2)19-15(22)7-14-18(17(19)23)26(13-5-6-13)10-16(20(14)27)30-21(28)29/h7,10-13H,4-6,8-9H2,1-3H3,(H,28,29). The number of benzene rings is 1. The van der Waals surface area contributed by atoms with Crippen LogP contribution in [0, 0.1) is 11.6 Å². The normalized spacial score (nSPS) is 22.5. The summed E-state index contributed by atoms with van der Waals surface area (Å²) in [6.45, 7) is 8.00. The summed E-state index contributed by atoms with van der Waals surface area (Å²) in [5.41, 5.74) is -0.987. The molecular weight excluding hydrogens is 396 g/mol. The monoisotopic (exact) mass is 421 g/mol. The number of likely N-dealkylation sites (N-methyl/N-ethyl adjacent to an activating group) is 1. The number of pyridine rings is 1. The second kappa shape index (κ2) is 7.54. The molecule has 7 nitrogen and oxygen atoms in total. The van der Waals surface area contributed by atoms with Gasteiger partial charge in [0.2, 0.25) is 5.43 Å². The molecule has 4 rings (SSSR count). The maximum absolute atomic E-state index is 15.8. The molecule has 1 N–H and O–H groups in total. The lowest BCUT2D eigenvalue weighted by molar-refractivity contribution is 0.143. The van der Waals surface area contributed by atoms with Crippen LogP contribution in [0.2, 0.25) is 0 Å². The summed E-state index contributed by atoms with van der Waals surface area (Å²) in [6.07, 6.45) is 1.10. The van der Waals surface area contributed by atoms with Crippen molar-refractivity contribution in [1.82, 2.24) is 9.47 Å². The van der Waals surface area contributed by atoms with Crippen molar-refractivity contribution in [2.45, 2.75) is 51.7 Å². The molecule has 1 aliphatic carbocycles. The van der Waals surface area contributed by atoms with E-state index < -0.39 is 29.0 Å². The summed E-state index contributed by atoms with van der Waals surface area (Å²) in [5, 5.41) is 8.68. The van der Waals surface area contributed by atoms with Gasteiger partial charge in [0.1, 0.15) is 11.5 Å². The van der Waals surface area contributed by atoms with E-state index >= 15 is 8.78 Å². The van der Waals surface area contributed by atoms with E-state index in [1.165, 1.54) is 10.8 Å². The van der Waals surface area contributed by atoms with Crippen molar-refractivity contribution >= 4 is 22.7 Å². The van der Waals surface area contributed by atoms with Crippen LogP contribution in [0.25, 0.3) is 10.9 Å². The van der Waals surface area contributed by atoms with Crippen LogP contribution in [0.4, 0.5) is 19.3 Å². The number of hydrogen-bond donors (Lipinski definition) is 1. The average molecular weight is 421 g/mol. The fourth-order valence-corrected chi connectivity index (χ4v) is 4.43. The third-order valence-corrected chi connectivity index (χ3v) is 6.10. The zero-order chi connectivity index (χ0) is 21.7. The van der Waals surface area contributed by atoms with Crippen molar-refractivity contribution in [2.24, 2.45) is 0 Å². The number of anilines is 1. The Morgan fingerprint density at radius 1 is 1.23 bits per heavy atom. The van der Waals surface area contributed by atoms with E-state index in [9.17, 15) is 9.59 Å². The van der Waals surface area contributed by atoms with E-state index in [0.717, 1.165) is 25.5 Å². The zero-order valence-electron chi connectivity index (χ0n) is 17.2. The van der Waals surface area contributed by atoms with Crippen molar-refractivity contribution < 1.29 is 23.4 Å². The molecule has 162 valence electrons. The van der Waals surface area contributed by atoms with Crippen LogP contribution in [0.15, 0.2) is 17.1 Å². The summed E-state index contributed by atoms with van der Waals surface area (Å²) in [6, 6.07) is 0.939. The maximum atomic E-state index is 15.8. The number of halogens is 2. The summed E-state index contributed by atoms with van der Waals surface area (Å²) >= 11 is 0. The summed E-state index contributed by atoms with van der Waals surface area (Å²) in [4.78, 5) is 27.6. The summed E-state index contributed by atoms with van der Waals surface area (Å²) in [5.74, 6) is -2.08. The number of nitrogens with zero attached hydrogens (tertiary/aromatic N) is 3. The number of piperazine rings is 1. The number of hydrogen-bond acceptors (Lipinski definition) is 5. The summed E-state index contributed by atoms with van der Waals surface area (Å²) in [7, 11) is 0. The minimum Gasteiger partial charge on any atom is -0.449 e. The smallest absolute Gasteiger partial charge is 0.449 e. The van der Waals surface area contributed by atoms with Crippen LogP contribution in [0.1, 0.15) is 39.7 Å².